The second-order valence-corrected chi connectivity index (χ2v) is 4.57. The summed E-state index contributed by atoms with van der Waals surface area (Å²) in [6, 6.07) is 0. The average Bonchev–Trinajstić information content (AvgIpc) is 2.07. The molecular weight excluding hydrogens is 200 g/mol. The molecule has 0 fully saturated rings. The van der Waals surface area contributed by atoms with Gasteiger partial charge in [0.05, 0.1) is 0 Å². The molecular formula is C10H14OS2. The predicted octanol–water partition coefficient (Wildman–Crippen LogP) is 2.65. The molecule has 0 aromatic carbocycles. The van der Waals surface area contributed by atoms with Crippen LogP contribution >= 0.6 is 25.3 Å². The minimum absolute atomic E-state index is 0.0403. The second-order valence-electron chi connectivity index (χ2n) is 3.54. The molecule has 0 saturated heterocycles. The third-order valence-corrected chi connectivity index (χ3v) is 3.94. The summed E-state index contributed by atoms with van der Waals surface area (Å²) in [6.07, 6.45) is 0.527. The van der Waals surface area contributed by atoms with Crippen molar-refractivity contribution in [2.45, 2.75) is 25.5 Å². The number of hydrogen-bond acceptors (Lipinski definition) is 3. The highest BCUT2D eigenvalue weighted by molar-refractivity contribution is 7.88. The Kier molecular flexibility index (Phi) is 3.30. The first-order valence-electron chi connectivity index (χ1n) is 4.21. The van der Waals surface area contributed by atoms with Crippen LogP contribution < -0.4 is 0 Å². The lowest BCUT2D eigenvalue weighted by Crippen LogP contribution is -2.27. The first-order valence-corrected chi connectivity index (χ1v) is 5.18. The average molecular weight is 214 g/mol. The monoisotopic (exact) mass is 214 g/mol. The maximum absolute atomic E-state index is 11.5. The van der Waals surface area contributed by atoms with Gasteiger partial charge in [0.2, 0.25) is 0 Å². The lowest BCUT2D eigenvalue weighted by atomic mass is 9.84. The third-order valence-electron chi connectivity index (χ3n) is 2.50. The number of thiol groups is 2. The van der Waals surface area contributed by atoms with Crippen LogP contribution in [-0.2, 0) is 4.79 Å². The number of ketones is 1. The smallest absolute Gasteiger partial charge is 0.160 e. The minimum Gasteiger partial charge on any atom is -0.295 e. The van der Waals surface area contributed by atoms with Crippen LogP contribution in [0.4, 0.5) is 0 Å². The SMILES string of the molecule is C=C(C)C1CC(=O)C(C)=C(S)C1S. The van der Waals surface area contributed by atoms with Crippen LogP contribution in [-0.4, -0.2) is 11.0 Å². The minimum atomic E-state index is 0.0403. The first kappa shape index (κ1) is 10.9. The zero-order valence-corrected chi connectivity index (χ0v) is 9.66. The van der Waals surface area contributed by atoms with Crippen LogP contribution in [0.1, 0.15) is 20.3 Å². The molecule has 0 bridgehead atoms. The Morgan fingerprint density at radius 1 is 1.62 bits per heavy atom. The van der Waals surface area contributed by atoms with E-state index in [2.05, 4.69) is 31.8 Å². The molecule has 2 unspecified atom stereocenters. The number of carbonyl (C=O) groups is 1. The number of allylic oxidation sites excluding steroid dienone is 2. The van der Waals surface area contributed by atoms with E-state index < -0.39 is 0 Å². The van der Waals surface area contributed by atoms with Gasteiger partial charge in [-0.15, -0.1) is 12.6 Å². The van der Waals surface area contributed by atoms with Crippen LogP contribution in [0.25, 0.3) is 0 Å². The standard InChI is InChI=1S/C10H14OS2/c1-5(2)7-4-8(11)6(3)9(12)10(7)13/h7,10,12-13H,1,4H2,2-3H3. The fourth-order valence-corrected chi connectivity index (χ4v) is 2.32. The molecule has 0 N–H and O–H groups in total. The van der Waals surface area contributed by atoms with Gasteiger partial charge in [0.1, 0.15) is 0 Å². The van der Waals surface area contributed by atoms with E-state index in [1.54, 1.807) is 0 Å². The Balaban J connectivity index is 3.02. The number of rotatable bonds is 1. The Morgan fingerprint density at radius 3 is 2.62 bits per heavy atom. The fraction of sp³-hybridized carbons (Fsp3) is 0.500. The van der Waals surface area contributed by atoms with Gasteiger partial charge >= 0.3 is 0 Å². The van der Waals surface area contributed by atoms with Gasteiger partial charge in [-0.3, -0.25) is 4.79 Å². The first-order chi connectivity index (χ1) is 5.95. The van der Waals surface area contributed by atoms with Gasteiger partial charge in [-0.2, -0.15) is 12.6 Å². The Labute approximate surface area is 90.1 Å². The van der Waals surface area contributed by atoms with Crippen LogP contribution in [0, 0.1) is 5.92 Å². The van der Waals surface area contributed by atoms with E-state index in [1.165, 1.54) is 0 Å². The van der Waals surface area contributed by atoms with Crippen molar-refractivity contribution in [3.63, 3.8) is 0 Å². The maximum Gasteiger partial charge on any atom is 0.160 e. The molecule has 0 spiro atoms. The second kappa shape index (κ2) is 3.93. The van der Waals surface area contributed by atoms with Gasteiger partial charge in [-0.25, -0.2) is 0 Å². The molecule has 0 aromatic heterocycles. The van der Waals surface area contributed by atoms with Gasteiger partial charge in [-0.1, -0.05) is 12.2 Å². The van der Waals surface area contributed by atoms with E-state index in [0.717, 1.165) is 16.1 Å². The normalized spacial score (nSPS) is 29.4. The molecule has 1 rings (SSSR count). The van der Waals surface area contributed by atoms with Crippen molar-refractivity contribution in [3.8, 4) is 0 Å². The van der Waals surface area contributed by atoms with E-state index in [1.807, 2.05) is 13.8 Å². The van der Waals surface area contributed by atoms with Crippen molar-refractivity contribution in [1.29, 1.82) is 0 Å². The molecule has 1 aliphatic rings. The Morgan fingerprint density at radius 2 is 2.15 bits per heavy atom. The van der Waals surface area contributed by atoms with Gasteiger partial charge in [0.25, 0.3) is 0 Å². The third kappa shape index (κ3) is 2.02. The van der Waals surface area contributed by atoms with Gasteiger partial charge in [0.15, 0.2) is 5.78 Å². The van der Waals surface area contributed by atoms with E-state index in [9.17, 15) is 4.79 Å². The zero-order valence-electron chi connectivity index (χ0n) is 7.87. The molecule has 1 nitrogen and oxygen atoms in total. The molecule has 0 aliphatic heterocycles. The largest absolute Gasteiger partial charge is 0.295 e. The summed E-state index contributed by atoms with van der Waals surface area (Å²) in [7, 11) is 0. The molecule has 0 heterocycles. The van der Waals surface area contributed by atoms with Crippen molar-refractivity contribution in [2.24, 2.45) is 5.92 Å². The van der Waals surface area contributed by atoms with E-state index in [0.29, 0.717) is 6.42 Å². The highest BCUT2D eigenvalue weighted by Gasteiger charge is 2.30. The van der Waals surface area contributed by atoms with Gasteiger partial charge in [-0.05, 0) is 13.8 Å². The highest BCUT2D eigenvalue weighted by Crippen LogP contribution is 2.36. The summed E-state index contributed by atoms with van der Waals surface area (Å²) in [5, 5.41) is 0.0403. The molecule has 1 aliphatic carbocycles. The molecule has 0 radical (unpaired) electrons. The van der Waals surface area contributed by atoms with E-state index >= 15 is 0 Å². The molecule has 0 aromatic rings. The van der Waals surface area contributed by atoms with Gasteiger partial charge in [0, 0.05) is 28.1 Å². The van der Waals surface area contributed by atoms with Crippen molar-refractivity contribution in [3.05, 3.63) is 22.6 Å². The molecule has 2 atom stereocenters. The highest BCUT2D eigenvalue weighted by atomic mass is 32.1. The number of hydrogen-bond donors (Lipinski definition) is 2. The maximum atomic E-state index is 11.5. The molecule has 0 amide bonds. The summed E-state index contributed by atoms with van der Waals surface area (Å²) < 4.78 is 0. The summed E-state index contributed by atoms with van der Waals surface area (Å²) in [5.74, 6) is 0.315. The topological polar surface area (TPSA) is 17.1 Å². The van der Waals surface area contributed by atoms with Crippen LogP contribution in [0.5, 0.6) is 0 Å². The van der Waals surface area contributed by atoms with Crippen molar-refractivity contribution >= 4 is 31.0 Å². The van der Waals surface area contributed by atoms with Gasteiger partial charge < -0.3 is 0 Å². The summed E-state index contributed by atoms with van der Waals surface area (Å²) in [5.41, 5.74) is 1.76. The molecule has 72 valence electrons. The molecule has 0 saturated carbocycles. The van der Waals surface area contributed by atoms with Crippen molar-refractivity contribution in [1.82, 2.24) is 0 Å². The zero-order chi connectivity index (χ0) is 10.2. The number of Topliss-reactive ketones (excluding diaryl/α,β-unsaturated/α-hetero) is 1. The van der Waals surface area contributed by atoms with E-state index in [4.69, 9.17) is 0 Å². The van der Waals surface area contributed by atoms with Crippen molar-refractivity contribution in [2.75, 3.05) is 0 Å². The fourth-order valence-electron chi connectivity index (χ4n) is 1.46. The lowest BCUT2D eigenvalue weighted by Gasteiger charge is -2.29. The van der Waals surface area contributed by atoms with Crippen LogP contribution in [0.15, 0.2) is 22.6 Å². The quantitative estimate of drug-likeness (QED) is 0.507. The van der Waals surface area contributed by atoms with Crippen LogP contribution in [0.3, 0.4) is 0 Å². The summed E-state index contributed by atoms with van der Waals surface area (Å²) in [4.78, 5) is 12.3. The Bertz CT molecular complexity index is 291. The van der Waals surface area contributed by atoms with E-state index in [-0.39, 0.29) is 17.0 Å². The van der Waals surface area contributed by atoms with Crippen LogP contribution in [0.2, 0.25) is 0 Å². The summed E-state index contributed by atoms with van der Waals surface area (Å²) in [6.45, 7) is 7.61. The van der Waals surface area contributed by atoms with Crippen molar-refractivity contribution < 1.29 is 4.79 Å². The molecule has 13 heavy (non-hydrogen) atoms. The number of carbonyl (C=O) groups excluding carboxylic acids is 1. The lowest BCUT2D eigenvalue weighted by molar-refractivity contribution is -0.116. The predicted molar refractivity (Wildman–Crippen MR) is 62.4 cm³/mol. The summed E-state index contributed by atoms with van der Waals surface area (Å²) >= 11 is 8.75. The Hall–Kier alpha value is -0.150. The molecule has 3 heteroatoms.